The average Bonchev–Trinajstić information content (AvgIpc) is 3.07. The maximum absolute atomic E-state index is 12.5. The second kappa shape index (κ2) is 4.86. The third kappa shape index (κ3) is 1.89. The summed E-state index contributed by atoms with van der Waals surface area (Å²) in [5.41, 5.74) is 0.256. The van der Waals surface area contributed by atoms with Gasteiger partial charge < -0.3 is 14.4 Å². The van der Waals surface area contributed by atoms with E-state index in [1.165, 1.54) is 7.11 Å². The molecule has 0 unspecified atom stereocenters. The van der Waals surface area contributed by atoms with Crippen LogP contribution in [0.2, 0.25) is 0 Å². The Kier molecular flexibility index (Phi) is 3.14. The van der Waals surface area contributed by atoms with Crippen molar-refractivity contribution in [1.82, 2.24) is 4.57 Å². The number of rotatable bonds is 4. The molecule has 1 N–H and O–H groups in total. The molecule has 2 aromatic rings. The van der Waals surface area contributed by atoms with Gasteiger partial charge in [-0.2, -0.15) is 0 Å². The number of carboxylic acid groups (broad SMARTS) is 1. The number of carbonyl (C=O) groups excluding carboxylic acids is 1. The maximum Gasteiger partial charge on any atom is 0.342 e. The van der Waals surface area contributed by atoms with Crippen LogP contribution in [-0.2, 0) is 21.7 Å². The van der Waals surface area contributed by atoms with Crippen LogP contribution in [0.15, 0.2) is 42.5 Å². The fourth-order valence-electron chi connectivity index (χ4n) is 2.90. The Morgan fingerprint density at radius 1 is 1.19 bits per heavy atom. The smallest absolute Gasteiger partial charge is 0.342 e. The van der Waals surface area contributed by atoms with E-state index in [4.69, 9.17) is 4.74 Å². The molecule has 1 atom stereocenters. The van der Waals surface area contributed by atoms with Crippen LogP contribution in [0.5, 0.6) is 0 Å². The zero-order valence-electron chi connectivity index (χ0n) is 11.6. The van der Waals surface area contributed by atoms with E-state index in [9.17, 15) is 14.7 Å². The monoisotopic (exact) mass is 285 g/mol. The first-order chi connectivity index (χ1) is 10.1. The van der Waals surface area contributed by atoms with Gasteiger partial charge in [-0.05, 0) is 12.1 Å². The summed E-state index contributed by atoms with van der Waals surface area (Å²) >= 11 is 0. The molecule has 5 heteroatoms. The predicted molar refractivity (Wildman–Crippen MR) is 75.2 cm³/mol. The Morgan fingerprint density at radius 2 is 1.90 bits per heavy atom. The van der Waals surface area contributed by atoms with Crippen molar-refractivity contribution in [1.29, 1.82) is 0 Å². The van der Waals surface area contributed by atoms with Crippen molar-refractivity contribution in [2.75, 3.05) is 7.11 Å². The van der Waals surface area contributed by atoms with Crippen LogP contribution in [0.25, 0.3) is 0 Å². The summed E-state index contributed by atoms with van der Waals surface area (Å²) in [6, 6.07) is 12.3. The number of aliphatic carboxylic acids is 1. The number of benzene rings is 1. The van der Waals surface area contributed by atoms with Gasteiger partial charge >= 0.3 is 5.97 Å². The molecular formula is C16H15NO4. The molecule has 0 amide bonds. The molecule has 0 saturated heterocycles. The van der Waals surface area contributed by atoms with E-state index in [1.807, 2.05) is 6.07 Å². The topological polar surface area (TPSA) is 68.5 Å². The summed E-state index contributed by atoms with van der Waals surface area (Å²) in [6.07, 6.45) is 0.323. The van der Waals surface area contributed by atoms with Gasteiger partial charge in [0, 0.05) is 25.6 Å². The highest BCUT2D eigenvalue weighted by Gasteiger charge is 2.47. The number of hydrogen-bond acceptors (Lipinski definition) is 3. The van der Waals surface area contributed by atoms with Gasteiger partial charge in [-0.15, -0.1) is 0 Å². The quantitative estimate of drug-likeness (QED) is 0.873. The predicted octanol–water partition coefficient (Wildman–Crippen LogP) is 2.05. The number of nitrogens with zero attached hydrogens (tertiary/aromatic N) is 1. The van der Waals surface area contributed by atoms with Crippen LogP contribution in [0, 0.1) is 0 Å². The van der Waals surface area contributed by atoms with Crippen molar-refractivity contribution in [3.8, 4) is 0 Å². The molecule has 0 saturated carbocycles. The third-order valence-electron chi connectivity index (χ3n) is 4.04. The summed E-state index contributed by atoms with van der Waals surface area (Å²) in [7, 11) is 1.38. The van der Waals surface area contributed by atoms with Gasteiger partial charge in [0.15, 0.2) is 0 Å². The summed E-state index contributed by atoms with van der Waals surface area (Å²) < 4.78 is 7.00. The van der Waals surface area contributed by atoms with Crippen molar-refractivity contribution < 1.29 is 19.4 Å². The third-order valence-corrected chi connectivity index (χ3v) is 4.04. The second-order valence-corrected chi connectivity index (χ2v) is 5.04. The molecular weight excluding hydrogens is 270 g/mol. The summed E-state index contributed by atoms with van der Waals surface area (Å²) in [5, 5.41) is 9.45. The molecule has 21 heavy (non-hydrogen) atoms. The molecule has 1 aromatic heterocycles. The largest absolute Gasteiger partial charge is 0.479 e. The molecule has 1 aliphatic heterocycles. The van der Waals surface area contributed by atoms with Gasteiger partial charge in [-0.1, -0.05) is 30.3 Å². The molecule has 1 aliphatic rings. The minimum atomic E-state index is -1.35. The van der Waals surface area contributed by atoms with Crippen LogP contribution >= 0.6 is 0 Å². The molecule has 108 valence electrons. The van der Waals surface area contributed by atoms with Crippen molar-refractivity contribution in [3.05, 3.63) is 59.4 Å². The molecule has 1 aromatic carbocycles. The van der Waals surface area contributed by atoms with Crippen molar-refractivity contribution >= 4 is 11.8 Å². The van der Waals surface area contributed by atoms with Crippen LogP contribution in [-0.4, -0.2) is 28.5 Å². The Balaban J connectivity index is 2.05. The lowest BCUT2D eigenvalue weighted by molar-refractivity contribution is -0.163. The maximum atomic E-state index is 12.5. The van der Waals surface area contributed by atoms with Gasteiger partial charge in [0.25, 0.3) is 0 Å². The first kappa shape index (κ1) is 13.6. The van der Waals surface area contributed by atoms with E-state index in [2.05, 4.69) is 0 Å². The van der Waals surface area contributed by atoms with Crippen molar-refractivity contribution in [2.24, 2.45) is 0 Å². The molecule has 0 radical (unpaired) electrons. The Hall–Kier alpha value is -2.40. The van der Waals surface area contributed by atoms with E-state index >= 15 is 0 Å². The summed E-state index contributed by atoms with van der Waals surface area (Å²) in [6.45, 7) is 0.455. The SMILES string of the molecule is CO[C@]1(C(=O)O)CCn2c(C(=O)c3ccccc3)ccc21. The number of aromatic nitrogens is 1. The van der Waals surface area contributed by atoms with Crippen molar-refractivity contribution in [3.63, 3.8) is 0 Å². The van der Waals surface area contributed by atoms with Crippen molar-refractivity contribution in [2.45, 2.75) is 18.6 Å². The van der Waals surface area contributed by atoms with Crippen LogP contribution in [0.1, 0.15) is 28.2 Å². The molecule has 2 heterocycles. The lowest BCUT2D eigenvalue weighted by atomic mass is 9.99. The van der Waals surface area contributed by atoms with E-state index in [1.54, 1.807) is 41.0 Å². The van der Waals surface area contributed by atoms with E-state index in [-0.39, 0.29) is 5.78 Å². The minimum absolute atomic E-state index is 0.112. The number of carbonyl (C=O) groups is 2. The lowest BCUT2D eigenvalue weighted by Crippen LogP contribution is -2.35. The van der Waals surface area contributed by atoms with Crippen LogP contribution in [0.4, 0.5) is 0 Å². The van der Waals surface area contributed by atoms with Gasteiger partial charge in [0.2, 0.25) is 11.4 Å². The first-order valence-electron chi connectivity index (χ1n) is 6.68. The molecule has 0 aliphatic carbocycles. The number of methoxy groups -OCH3 is 1. The molecule has 0 bridgehead atoms. The van der Waals surface area contributed by atoms with E-state index < -0.39 is 11.6 Å². The number of ketones is 1. The fourth-order valence-corrected chi connectivity index (χ4v) is 2.90. The molecule has 3 rings (SSSR count). The van der Waals surface area contributed by atoms with Crippen LogP contribution in [0.3, 0.4) is 0 Å². The highest BCUT2D eigenvalue weighted by molar-refractivity contribution is 6.08. The van der Waals surface area contributed by atoms with E-state index in [0.29, 0.717) is 29.9 Å². The van der Waals surface area contributed by atoms with Gasteiger partial charge in [0.05, 0.1) is 11.4 Å². The van der Waals surface area contributed by atoms with Gasteiger partial charge in [-0.3, -0.25) is 4.79 Å². The Labute approximate surface area is 121 Å². The molecule has 5 nitrogen and oxygen atoms in total. The Morgan fingerprint density at radius 3 is 2.52 bits per heavy atom. The van der Waals surface area contributed by atoms with Gasteiger partial charge in [0.1, 0.15) is 0 Å². The summed E-state index contributed by atoms with van der Waals surface area (Å²) in [5.74, 6) is -1.14. The fraction of sp³-hybridized carbons (Fsp3) is 0.250. The standard InChI is InChI=1S/C16H15NO4/c1-21-16(15(19)20)9-10-17-12(7-8-13(16)17)14(18)11-5-3-2-4-6-11/h2-8H,9-10H2,1H3,(H,19,20)/t16-/m1/s1. The number of ether oxygens (including phenoxy) is 1. The zero-order valence-corrected chi connectivity index (χ0v) is 11.6. The molecule has 0 fully saturated rings. The normalized spacial score (nSPS) is 20.2. The number of hydrogen-bond donors (Lipinski definition) is 1. The first-order valence-corrected chi connectivity index (χ1v) is 6.68. The molecule has 0 spiro atoms. The highest BCUT2D eigenvalue weighted by atomic mass is 16.5. The van der Waals surface area contributed by atoms with E-state index in [0.717, 1.165) is 0 Å². The Bertz CT molecular complexity index is 704. The number of carboxylic acids is 1. The highest BCUT2D eigenvalue weighted by Crippen LogP contribution is 2.38. The average molecular weight is 285 g/mol. The lowest BCUT2D eigenvalue weighted by Gasteiger charge is -2.21. The minimum Gasteiger partial charge on any atom is -0.479 e. The van der Waals surface area contributed by atoms with Gasteiger partial charge in [-0.25, -0.2) is 4.79 Å². The van der Waals surface area contributed by atoms with Crippen LogP contribution < -0.4 is 0 Å². The number of fused-ring (bicyclic) bond motifs is 1. The second-order valence-electron chi connectivity index (χ2n) is 5.04. The zero-order chi connectivity index (χ0) is 15.0. The summed E-state index contributed by atoms with van der Waals surface area (Å²) in [4.78, 5) is 24.1.